The number of aromatic nitrogens is 1. The van der Waals surface area contributed by atoms with Crippen LogP contribution in [0.1, 0.15) is 18.2 Å². The zero-order chi connectivity index (χ0) is 15.7. The molecule has 0 saturated heterocycles. The number of rotatable bonds is 3. The van der Waals surface area contributed by atoms with E-state index < -0.39 is 0 Å². The smallest absolute Gasteiger partial charge is 0.314 e. The number of allylic oxidation sites excluding steroid dienone is 3. The second-order valence-corrected chi connectivity index (χ2v) is 5.82. The van der Waals surface area contributed by atoms with Crippen LogP contribution >= 0.6 is 0 Å². The minimum Gasteiger partial charge on any atom is -0.470 e. The Kier molecular flexibility index (Phi) is 6.23. The van der Waals surface area contributed by atoms with Gasteiger partial charge in [0.05, 0.1) is 0 Å². The molecule has 0 N–H and O–H groups in total. The van der Waals surface area contributed by atoms with Crippen molar-refractivity contribution in [3.63, 3.8) is 0 Å². The summed E-state index contributed by atoms with van der Waals surface area (Å²) in [5.74, 6) is 0. The van der Waals surface area contributed by atoms with Gasteiger partial charge in [0.25, 0.3) is 0 Å². The van der Waals surface area contributed by atoms with Crippen LogP contribution in [0.2, 0.25) is 0 Å². The number of hydrogen-bond donors (Lipinski definition) is 0. The fourth-order valence-corrected chi connectivity index (χ4v) is 3.27. The summed E-state index contributed by atoms with van der Waals surface area (Å²) in [6, 6.07) is 18.8. The van der Waals surface area contributed by atoms with Gasteiger partial charge in [0.1, 0.15) is 0 Å². The van der Waals surface area contributed by atoms with Gasteiger partial charge in [-0.15, -0.1) is 17.5 Å². The molecule has 0 aliphatic carbocycles. The summed E-state index contributed by atoms with van der Waals surface area (Å²) in [7, 11) is 0. The van der Waals surface area contributed by atoms with Gasteiger partial charge in [-0.05, 0) is 25.1 Å². The van der Waals surface area contributed by atoms with E-state index in [0.29, 0.717) is 0 Å². The van der Waals surface area contributed by atoms with E-state index in [1.807, 2.05) is 30.3 Å². The summed E-state index contributed by atoms with van der Waals surface area (Å²) in [5.41, 5.74) is 7.00. The van der Waals surface area contributed by atoms with Crippen molar-refractivity contribution in [1.29, 1.82) is 0 Å². The van der Waals surface area contributed by atoms with Crippen molar-refractivity contribution in [3.05, 3.63) is 78.5 Å². The largest absolute Gasteiger partial charge is 0.470 e. The molecule has 3 aromatic rings. The average Bonchev–Trinajstić information content (AvgIpc) is 2.80. The van der Waals surface area contributed by atoms with Crippen LogP contribution in [0.3, 0.4) is 0 Å². The fraction of sp³-hybridized carbons (Fsp3) is 0.100. The van der Waals surface area contributed by atoms with Gasteiger partial charge in [-0.2, -0.15) is 36.4 Å². The first-order valence-electron chi connectivity index (χ1n) is 7.22. The quantitative estimate of drug-likeness (QED) is 0.348. The molecule has 1 aromatic heterocycles. The van der Waals surface area contributed by atoms with Gasteiger partial charge in [0, 0.05) is 32.7 Å². The van der Waals surface area contributed by atoms with Crippen LogP contribution in [0, 0.1) is 19.1 Å². The Morgan fingerprint density at radius 1 is 1.22 bits per heavy atom. The van der Waals surface area contributed by atoms with Gasteiger partial charge in [0.15, 0.2) is 0 Å². The molecule has 1 heterocycles. The summed E-state index contributed by atoms with van der Waals surface area (Å²) >= 11 is 2.80. The van der Waals surface area contributed by atoms with E-state index in [2.05, 4.69) is 70.8 Å². The Balaban J connectivity index is 0.00000192. The molecule has 0 fully saturated rings. The Morgan fingerprint density at radius 3 is 2.65 bits per heavy atom. The normalized spacial score (nSPS) is 11.3. The summed E-state index contributed by atoms with van der Waals surface area (Å²) in [6.45, 7) is 8.09. The molecule has 3 heteroatoms. The predicted octanol–water partition coefficient (Wildman–Crippen LogP) is 4.74. The number of fused-ring (bicyclic) bond motifs is 1. The molecule has 109 valence electrons. The molecule has 3 radical (unpaired) electrons. The molecule has 23 heavy (non-hydrogen) atoms. The molecule has 0 atom stereocenters. The minimum atomic E-state index is 0. The maximum Gasteiger partial charge on any atom is 0.314 e. The molecule has 0 spiro atoms. The van der Waals surface area contributed by atoms with E-state index in [-0.39, 0.29) is 32.7 Å². The van der Waals surface area contributed by atoms with Gasteiger partial charge in [-0.3, -0.25) is 0 Å². The monoisotopic (exact) mass is 386 g/mol. The van der Waals surface area contributed by atoms with Crippen LogP contribution in [0.4, 0.5) is 0 Å². The maximum atomic E-state index is 3.82. The van der Waals surface area contributed by atoms with Crippen molar-refractivity contribution in [2.45, 2.75) is 13.8 Å². The van der Waals surface area contributed by atoms with Gasteiger partial charge in [-0.25, -0.2) is 11.1 Å². The number of nitrogens with zero attached hydrogens (tertiary/aromatic N) is 1. The van der Waals surface area contributed by atoms with E-state index in [1.54, 1.807) is 0 Å². The number of hydrogen-bond acceptors (Lipinski definition) is 0. The van der Waals surface area contributed by atoms with Crippen LogP contribution in [0.25, 0.3) is 27.6 Å². The zero-order valence-electron chi connectivity index (χ0n) is 13.4. The summed E-state index contributed by atoms with van der Waals surface area (Å²) < 4.78 is 2.16. The van der Waals surface area contributed by atoms with Crippen molar-refractivity contribution in [3.8, 4) is 11.1 Å². The molecule has 0 bridgehead atoms. The SMILES string of the molecule is C=C/C=C(/C)c1c(C)[n]([Al])c2cc[c-]c(-c3[c-]cccc3)c12.[Y]. The van der Waals surface area contributed by atoms with Crippen molar-refractivity contribution >= 4 is 33.0 Å². The molecule has 0 unspecified atom stereocenters. The van der Waals surface area contributed by atoms with Gasteiger partial charge in [-0.1, -0.05) is 29.8 Å². The van der Waals surface area contributed by atoms with Crippen molar-refractivity contribution < 1.29 is 32.7 Å². The molecular formula is C20H16AlNY-2. The van der Waals surface area contributed by atoms with E-state index in [4.69, 9.17) is 0 Å². The van der Waals surface area contributed by atoms with E-state index in [9.17, 15) is 0 Å². The Hall–Kier alpha value is -0.904. The third-order valence-corrected chi connectivity index (χ3v) is 4.61. The zero-order valence-corrected chi connectivity index (χ0v) is 17.4. The van der Waals surface area contributed by atoms with Crippen LogP contribution in [-0.2, 0) is 32.7 Å². The van der Waals surface area contributed by atoms with Crippen molar-refractivity contribution in [2.75, 3.05) is 0 Å². The molecule has 2 aromatic carbocycles. The first-order chi connectivity index (χ1) is 10.6. The van der Waals surface area contributed by atoms with Gasteiger partial charge in [0.2, 0.25) is 0 Å². The van der Waals surface area contributed by atoms with Gasteiger partial charge >= 0.3 is 16.5 Å². The molecular weight excluding hydrogens is 370 g/mol. The summed E-state index contributed by atoms with van der Waals surface area (Å²) in [4.78, 5) is 0. The standard InChI is InChI=1S/C20H16N.Al.Y/c1-4-9-14(2)19-15(3)21-18-13-8-12-17(20(18)19)16-10-6-5-7-11-16;;/h4-10,13H,1H2,2-3H3;;/q-3;+1;/b14-9-;;. The molecule has 0 amide bonds. The van der Waals surface area contributed by atoms with E-state index >= 15 is 0 Å². The summed E-state index contributed by atoms with van der Waals surface area (Å²) in [5, 5.41) is 1.22. The molecule has 0 aliphatic heterocycles. The third-order valence-electron chi connectivity index (χ3n) is 3.95. The molecule has 1 nitrogen and oxygen atoms in total. The van der Waals surface area contributed by atoms with Crippen LogP contribution in [0.5, 0.6) is 0 Å². The maximum absolute atomic E-state index is 3.82. The molecule has 0 saturated carbocycles. The summed E-state index contributed by atoms with van der Waals surface area (Å²) in [6.07, 6.45) is 3.89. The topological polar surface area (TPSA) is 4.93 Å². The van der Waals surface area contributed by atoms with Crippen molar-refractivity contribution in [2.24, 2.45) is 0 Å². The fourth-order valence-electron chi connectivity index (χ4n) is 2.93. The average molecular weight is 386 g/mol. The first-order valence-corrected chi connectivity index (χ1v) is 7.74. The predicted molar refractivity (Wildman–Crippen MR) is 94.8 cm³/mol. The molecule has 3 rings (SSSR count). The van der Waals surface area contributed by atoms with Crippen LogP contribution in [0.15, 0.2) is 55.1 Å². The van der Waals surface area contributed by atoms with E-state index in [1.165, 1.54) is 27.7 Å². The third kappa shape index (κ3) is 3.33. The minimum absolute atomic E-state index is 0. The van der Waals surface area contributed by atoms with Crippen LogP contribution in [-0.4, -0.2) is 20.1 Å². The Labute approximate surface area is 171 Å². The Morgan fingerprint density at radius 2 is 2.00 bits per heavy atom. The van der Waals surface area contributed by atoms with Crippen molar-refractivity contribution in [1.82, 2.24) is 3.55 Å². The van der Waals surface area contributed by atoms with Gasteiger partial charge < -0.3 is 3.55 Å². The second-order valence-electron chi connectivity index (χ2n) is 5.30. The Bertz CT molecular complexity index is 876. The second kappa shape index (κ2) is 7.78. The number of benzene rings is 2. The molecule has 0 aliphatic rings. The van der Waals surface area contributed by atoms with E-state index in [0.717, 1.165) is 11.1 Å². The van der Waals surface area contributed by atoms with Crippen LogP contribution < -0.4 is 0 Å². The first kappa shape index (κ1) is 18.4.